The van der Waals surface area contributed by atoms with Gasteiger partial charge < -0.3 is 9.52 Å². The molecule has 0 atom stereocenters. The number of hydrogen-bond acceptors (Lipinski definition) is 2. The SMILES string of the molecule is OC1(CCc2ccco2)CC1. The van der Waals surface area contributed by atoms with Crippen LogP contribution in [-0.4, -0.2) is 10.7 Å². The van der Waals surface area contributed by atoms with Crippen molar-refractivity contribution in [3.8, 4) is 0 Å². The summed E-state index contributed by atoms with van der Waals surface area (Å²) in [6.07, 6.45) is 5.32. The second-order valence-corrected chi connectivity index (χ2v) is 3.30. The number of furan rings is 1. The highest BCUT2D eigenvalue weighted by atomic mass is 16.3. The zero-order valence-corrected chi connectivity index (χ0v) is 6.42. The molecule has 1 aromatic heterocycles. The molecule has 0 saturated heterocycles. The fourth-order valence-electron chi connectivity index (χ4n) is 1.20. The predicted molar refractivity (Wildman–Crippen MR) is 41.2 cm³/mol. The zero-order chi connectivity index (χ0) is 7.73. The maximum atomic E-state index is 9.49. The van der Waals surface area contributed by atoms with Crippen LogP contribution in [0.5, 0.6) is 0 Å². The molecule has 1 aliphatic rings. The first-order chi connectivity index (χ1) is 5.29. The van der Waals surface area contributed by atoms with Gasteiger partial charge in [0.1, 0.15) is 5.76 Å². The third-order valence-corrected chi connectivity index (χ3v) is 2.24. The van der Waals surface area contributed by atoms with E-state index in [4.69, 9.17) is 4.42 Å². The van der Waals surface area contributed by atoms with Crippen LogP contribution in [0.3, 0.4) is 0 Å². The molecular weight excluding hydrogens is 140 g/mol. The van der Waals surface area contributed by atoms with E-state index in [1.807, 2.05) is 12.1 Å². The third kappa shape index (κ3) is 1.63. The van der Waals surface area contributed by atoms with Crippen LogP contribution in [0, 0.1) is 0 Å². The van der Waals surface area contributed by atoms with Crippen molar-refractivity contribution in [3.63, 3.8) is 0 Å². The van der Waals surface area contributed by atoms with Gasteiger partial charge >= 0.3 is 0 Å². The average Bonchev–Trinajstić information content (AvgIpc) is 2.53. The van der Waals surface area contributed by atoms with Crippen LogP contribution >= 0.6 is 0 Å². The molecule has 2 rings (SSSR count). The molecule has 0 aliphatic heterocycles. The Morgan fingerprint density at radius 3 is 2.91 bits per heavy atom. The van der Waals surface area contributed by atoms with Gasteiger partial charge in [0, 0.05) is 6.42 Å². The molecule has 1 aliphatic carbocycles. The van der Waals surface area contributed by atoms with Gasteiger partial charge in [-0.1, -0.05) is 0 Å². The Labute approximate surface area is 65.8 Å². The molecule has 2 heteroatoms. The second kappa shape index (κ2) is 2.38. The fourth-order valence-corrected chi connectivity index (χ4v) is 1.20. The van der Waals surface area contributed by atoms with E-state index in [-0.39, 0.29) is 5.60 Å². The number of hydrogen-bond donors (Lipinski definition) is 1. The van der Waals surface area contributed by atoms with Crippen molar-refractivity contribution in [2.45, 2.75) is 31.3 Å². The van der Waals surface area contributed by atoms with E-state index in [2.05, 4.69) is 0 Å². The van der Waals surface area contributed by atoms with Crippen molar-refractivity contribution in [2.24, 2.45) is 0 Å². The Balaban J connectivity index is 1.83. The number of aliphatic hydroxyl groups is 1. The highest BCUT2D eigenvalue weighted by molar-refractivity contribution is 5.02. The Morgan fingerprint density at radius 1 is 1.55 bits per heavy atom. The largest absolute Gasteiger partial charge is 0.469 e. The molecule has 1 N–H and O–H groups in total. The lowest BCUT2D eigenvalue weighted by Crippen LogP contribution is -2.07. The smallest absolute Gasteiger partial charge is 0.103 e. The Morgan fingerprint density at radius 2 is 2.36 bits per heavy atom. The summed E-state index contributed by atoms with van der Waals surface area (Å²) in [5.41, 5.74) is -0.340. The van der Waals surface area contributed by atoms with E-state index in [1.165, 1.54) is 0 Å². The lowest BCUT2D eigenvalue weighted by Gasteiger charge is -2.03. The van der Waals surface area contributed by atoms with Crippen LogP contribution in [0.15, 0.2) is 22.8 Å². The minimum absolute atomic E-state index is 0.340. The van der Waals surface area contributed by atoms with Gasteiger partial charge in [0.15, 0.2) is 0 Å². The van der Waals surface area contributed by atoms with E-state index in [1.54, 1.807) is 6.26 Å². The average molecular weight is 152 g/mol. The van der Waals surface area contributed by atoms with Gasteiger partial charge in [-0.05, 0) is 31.4 Å². The molecule has 0 aromatic carbocycles. The van der Waals surface area contributed by atoms with Gasteiger partial charge in [-0.15, -0.1) is 0 Å². The molecular formula is C9H12O2. The van der Waals surface area contributed by atoms with E-state index >= 15 is 0 Å². The lowest BCUT2D eigenvalue weighted by molar-refractivity contribution is 0.138. The molecule has 2 nitrogen and oxygen atoms in total. The van der Waals surface area contributed by atoms with Gasteiger partial charge in [-0.25, -0.2) is 0 Å². The predicted octanol–water partition coefficient (Wildman–Crippen LogP) is 1.74. The van der Waals surface area contributed by atoms with Gasteiger partial charge in [0.2, 0.25) is 0 Å². The van der Waals surface area contributed by atoms with Crippen LogP contribution in [0.1, 0.15) is 25.0 Å². The molecule has 60 valence electrons. The topological polar surface area (TPSA) is 33.4 Å². The normalized spacial score (nSPS) is 20.1. The second-order valence-electron chi connectivity index (χ2n) is 3.30. The highest BCUT2D eigenvalue weighted by Gasteiger charge is 2.39. The third-order valence-electron chi connectivity index (χ3n) is 2.24. The standard InChI is InChI=1S/C9H12O2/c10-9(5-6-9)4-3-8-2-1-7-11-8/h1-2,7,10H,3-6H2. The summed E-state index contributed by atoms with van der Waals surface area (Å²) in [5.74, 6) is 0.977. The first-order valence-corrected chi connectivity index (χ1v) is 4.03. The van der Waals surface area contributed by atoms with Gasteiger partial charge in [0.25, 0.3) is 0 Å². The monoisotopic (exact) mass is 152 g/mol. The minimum Gasteiger partial charge on any atom is -0.469 e. The number of rotatable bonds is 3. The van der Waals surface area contributed by atoms with Crippen LogP contribution in [0.2, 0.25) is 0 Å². The summed E-state index contributed by atoms with van der Waals surface area (Å²) in [4.78, 5) is 0. The van der Waals surface area contributed by atoms with Crippen LogP contribution < -0.4 is 0 Å². The number of aryl methyl sites for hydroxylation is 1. The Kier molecular flexibility index (Phi) is 1.50. The van der Waals surface area contributed by atoms with Crippen molar-refractivity contribution in [2.75, 3.05) is 0 Å². The lowest BCUT2D eigenvalue weighted by atomic mass is 10.1. The van der Waals surface area contributed by atoms with E-state index in [0.29, 0.717) is 0 Å². The van der Waals surface area contributed by atoms with Crippen molar-refractivity contribution in [3.05, 3.63) is 24.2 Å². The Bertz CT molecular complexity index is 222. The van der Waals surface area contributed by atoms with Crippen molar-refractivity contribution < 1.29 is 9.52 Å². The molecule has 0 radical (unpaired) electrons. The zero-order valence-electron chi connectivity index (χ0n) is 6.42. The Hall–Kier alpha value is -0.760. The fraction of sp³-hybridized carbons (Fsp3) is 0.556. The quantitative estimate of drug-likeness (QED) is 0.715. The molecule has 1 fully saturated rings. The summed E-state index contributed by atoms with van der Waals surface area (Å²) in [6, 6.07) is 3.83. The van der Waals surface area contributed by atoms with Gasteiger partial charge in [-0.3, -0.25) is 0 Å². The molecule has 11 heavy (non-hydrogen) atoms. The summed E-state index contributed by atoms with van der Waals surface area (Å²) in [7, 11) is 0. The van der Waals surface area contributed by atoms with Gasteiger partial charge in [0.05, 0.1) is 11.9 Å². The van der Waals surface area contributed by atoms with E-state index < -0.39 is 0 Å². The maximum Gasteiger partial charge on any atom is 0.103 e. The summed E-state index contributed by atoms with van der Waals surface area (Å²) >= 11 is 0. The summed E-state index contributed by atoms with van der Waals surface area (Å²) < 4.78 is 5.15. The molecule has 0 amide bonds. The van der Waals surface area contributed by atoms with Crippen LogP contribution in [0.4, 0.5) is 0 Å². The molecule has 0 unspecified atom stereocenters. The summed E-state index contributed by atoms with van der Waals surface area (Å²) in [6.45, 7) is 0. The molecule has 1 aromatic rings. The molecule has 0 bridgehead atoms. The van der Waals surface area contributed by atoms with Crippen molar-refractivity contribution >= 4 is 0 Å². The molecule has 1 heterocycles. The van der Waals surface area contributed by atoms with E-state index in [9.17, 15) is 5.11 Å². The first-order valence-electron chi connectivity index (χ1n) is 4.03. The highest BCUT2D eigenvalue weighted by Crippen LogP contribution is 2.39. The van der Waals surface area contributed by atoms with Gasteiger partial charge in [-0.2, -0.15) is 0 Å². The summed E-state index contributed by atoms with van der Waals surface area (Å²) in [5, 5.41) is 9.49. The molecule has 1 saturated carbocycles. The first kappa shape index (κ1) is 6.92. The minimum atomic E-state index is -0.340. The molecule has 0 spiro atoms. The van der Waals surface area contributed by atoms with Crippen LogP contribution in [-0.2, 0) is 6.42 Å². The maximum absolute atomic E-state index is 9.49. The van der Waals surface area contributed by atoms with E-state index in [0.717, 1.165) is 31.4 Å². The van der Waals surface area contributed by atoms with Crippen LogP contribution in [0.25, 0.3) is 0 Å². The van der Waals surface area contributed by atoms with Crippen molar-refractivity contribution in [1.82, 2.24) is 0 Å². The van der Waals surface area contributed by atoms with Crippen molar-refractivity contribution in [1.29, 1.82) is 0 Å².